The van der Waals surface area contributed by atoms with Gasteiger partial charge in [-0.3, -0.25) is 4.79 Å². The molecule has 5 nitrogen and oxygen atoms in total. The van der Waals surface area contributed by atoms with Crippen LogP contribution in [-0.2, 0) is 0 Å². The van der Waals surface area contributed by atoms with E-state index in [9.17, 15) is 4.79 Å². The number of hydrogen-bond donors (Lipinski definition) is 2. The normalized spacial score (nSPS) is 15.6. The van der Waals surface area contributed by atoms with E-state index in [1.807, 2.05) is 0 Å². The minimum atomic E-state index is -0.302. The zero-order valence-corrected chi connectivity index (χ0v) is 16.6. The molecule has 142 valence electrons. The monoisotopic (exact) mass is 390 g/mol. The van der Waals surface area contributed by atoms with Crippen molar-refractivity contribution in [2.45, 2.75) is 45.1 Å². The Morgan fingerprint density at radius 1 is 1.36 bits per heavy atom. The summed E-state index contributed by atoms with van der Waals surface area (Å²) in [4.78, 5) is 12.6. The Hall–Kier alpha value is -1.17. The van der Waals surface area contributed by atoms with Gasteiger partial charge in [-0.25, -0.2) is 0 Å². The fourth-order valence-electron chi connectivity index (χ4n) is 2.99. The molecule has 1 amide bonds. The van der Waals surface area contributed by atoms with Gasteiger partial charge in [0.25, 0.3) is 5.91 Å². The van der Waals surface area contributed by atoms with Crippen molar-refractivity contribution in [2.75, 3.05) is 20.3 Å². The lowest BCUT2D eigenvalue weighted by atomic mass is 9.97. The van der Waals surface area contributed by atoms with Crippen molar-refractivity contribution in [2.24, 2.45) is 11.7 Å². The number of carbonyl (C=O) groups excluding carboxylic acids is 1. The molecule has 0 aromatic heterocycles. The Balaban J connectivity index is 0.00000312. The Morgan fingerprint density at radius 3 is 2.52 bits per heavy atom. The number of hydrogen-bond acceptors (Lipinski definition) is 4. The van der Waals surface area contributed by atoms with Crippen molar-refractivity contribution >= 4 is 29.9 Å². The lowest BCUT2D eigenvalue weighted by Gasteiger charge is -2.29. The van der Waals surface area contributed by atoms with E-state index in [2.05, 4.69) is 19.2 Å². The van der Waals surface area contributed by atoms with Crippen molar-refractivity contribution in [3.63, 3.8) is 0 Å². The number of carbonyl (C=O) groups is 1. The standard InChI is InChI=1S/C18H27ClN2O3.ClH/c1-12(2)10-24-16-14(19)8-13(9-15(16)23-3)17(22)21-18(11-20)6-4-5-7-18;/h8-9,12H,4-7,10-11,20H2,1-3H3,(H,21,22);1H. The summed E-state index contributed by atoms with van der Waals surface area (Å²) in [6, 6.07) is 3.28. The lowest BCUT2D eigenvalue weighted by Crippen LogP contribution is -2.51. The lowest BCUT2D eigenvalue weighted by molar-refractivity contribution is 0.0902. The smallest absolute Gasteiger partial charge is 0.251 e. The number of rotatable bonds is 7. The molecule has 3 N–H and O–H groups in total. The first-order chi connectivity index (χ1) is 11.4. The Morgan fingerprint density at radius 2 is 2.00 bits per heavy atom. The van der Waals surface area contributed by atoms with Crippen LogP contribution in [0.25, 0.3) is 0 Å². The van der Waals surface area contributed by atoms with Gasteiger partial charge in [0.05, 0.1) is 24.3 Å². The van der Waals surface area contributed by atoms with Crippen LogP contribution in [0.1, 0.15) is 49.9 Å². The topological polar surface area (TPSA) is 73.6 Å². The molecule has 0 unspecified atom stereocenters. The quantitative estimate of drug-likeness (QED) is 0.742. The molecule has 1 aromatic carbocycles. The van der Waals surface area contributed by atoms with E-state index >= 15 is 0 Å². The molecule has 0 atom stereocenters. The minimum absolute atomic E-state index is 0. The molecule has 7 heteroatoms. The van der Waals surface area contributed by atoms with Crippen LogP contribution in [0, 0.1) is 5.92 Å². The van der Waals surface area contributed by atoms with Crippen LogP contribution < -0.4 is 20.5 Å². The molecule has 0 aliphatic heterocycles. The summed E-state index contributed by atoms with van der Waals surface area (Å²) in [5.74, 6) is 1.11. The van der Waals surface area contributed by atoms with Gasteiger partial charge >= 0.3 is 0 Å². The second kappa shape index (κ2) is 9.51. The van der Waals surface area contributed by atoms with Crippen molar-refractivity contribution in [3.8, 4) is 11.5 Å². The minimum Gasteiger partial charge on any atom is -0.493 e. The summed E-state index contributed by atoms with van der Waals surface area (Å²) < 4.78 is 11.1. The maximum atomic E-state index is 12.6. The Kier molecular flexibility index (Phi) is 8.32. The molecule has 1 aliphatic carbocycles. The van der Waals surface area contributed by atoms with Crippen LogP contribution in [0.2, 0.25) is 5.02 Å². The summed E-state index contributed by atoms with van der Waals surface area (Å²) in [6.07, 6.45) is 4.00. The second-order valence-corrected chi connectivity index (χ2v) is 7.25. The van der Waals surface area contributed by atoms with Crippen LogP contribution in [0.3, 0.4) is 0 Å². The molecule has 0 heterocycles. The van der Waals surface area contributed by atoms with E-state index in [0.29, 0.717) is 41.2 Å². The van der Waals surface area contributed by atoms with Gasteiger partial charge in [-0.05, 0) is 30.9 Å². The first-order valence-electron chi connectivity index (χ1n) is 8.43. The molecule has 1 aliphatic rings. The van der Waals surface area contributed by atoms with E-state index in [4.69, 9.17) is 26.8 Å². The van der Waals surface area contributed by atoms with Crippen LogP contribution >= 0.6 is 24.0 Å². The molecule has 25 heavy (non-hydrogen) atoms. The summed E-state index contributed by atoms with van der Waals surface area (Å²) in [5.41, 5.74) is 6.04. The molecular formula is C18H28Cl2N2O3. The van der Waals surface area contributed by atoms with Crippen LogP contribution in [-0.4, -0.2) is 31.7 Å². The fourth-order valence-corrected chi connectivity index (χ4v) is 3.25. The molecule has 1 saturated carbocycles. The highest BCUT2D eigenvalue weighted by molar-refractivity contribution is 6.32. The largest absolute Gasteiger partial charge is 0.493 e. The average Bonchev–Trinajstić information content (AvgIpc) is 3.01. The number of benzene rings is 1. The summed E-state index contributed by atoms with van der Waals surface area (Å²) in [5, 5.41) is 3.46. The predicted molar refractivity (Wildman–Crippen MR) is 103 cm³/mol. The first kappa shape index (κ1) is 21.9. The Bertz CT molecular complexity index is 588. The Labute approximate surface area is 161 Å². The van der Waals surface area contributed by atoms with Crippen molar-refractivity contribution in [1.29, 1.82) is 0 Å². The van der Waals surface area contributed by atoms with Gasteiger partial charge in [0.15, 0.2) is 11.5 Å². The molecule has 0 radical (unpaired) electrons. The number of amides is 1. The van der Waals surface area contributed by atoms with Gasteiger partial charge in [0.2, 0.25) is 0 Å². The van der Waals surface area contributed by atoms with Gasteiger partial charge in [-0.2, -0.15) is 0 Å². The molecule has 0 bridgehead atoms. The maximum Gasteiger partial charge on any atom is 0.251 e. The molecule has 0 saturated heterocycles. The highest BCUT2D eigenvalue weighted by atomic mass is 35.5. The zero-order chi connectivity index (χ0) is 17.7. The molecular weight excluding hydrogens is 363 g/mol. The third-order valence-electron chi connectivity index (χ3n) is 4.38. The fraction of sp³-hybridized carbons (Fsp3) is 0.611. The highest BCUT2D eigenvalue weighted by Gasteiger charge is 2.34. The molecule has 2 rings (SSSR count). The van der Waals surface area contributed by atoms with Gasteiger partial charge in [-0.15, -0.1) is 12.4 Å². The third kappa shape index (κ3) is 5.40. The van der Waals surface area contributed by atoms with Crippen LogP contribution in [0.15, 0.2) is 12.1 Å². The van der Waals surface area contributed by atoms with E-state index in [1.54, 1.807) is 12.1 Å². The summed E-state index contributed by atoms with van der Waals surface area (Å²) >= 11 is 6.32. The van der Waals surface area contributed by atoms with Gasteiger partial charge in [0.1, 0.15) is 0 Å². The average molecular weight is 391 g/mol. The van der Waals surface area contributed by atoms with Crippen molar-refractivity contribution in [1.82, 2.24) is 5.32 Å². The molecule has 1 fully saturated rings. The number of halogens is 2. The highest BCUT2D eigenvalue weighted by Crippen LogP contribution is 2.37. The van der Waals surface area contributed by atoms with Gasteiger partial charge in [-0.1, -0.05) is 38.3 Å². The SMILES string of the molecule is COc1cc(C(=O)NC2(CN)CCCC2)cc(Cl)c1OCC(C)C.Cl. The number of methoxy groups -OCH3 is 1. The van der Waals surface area contributed by atoms with Gasteiger partial charge < -0.3 is 20.5 Å². The van der Waals surface area contributed by atoms with E-state index in [1.165, 1.54) is 7.11 Å². The van der Waals surface area contributed by atoms with Gasteiger partial charge in [0, 0.05) is 12.1 Å². The maximum absolute atomic E-state index is 12.6. The van der Waals surface area contributed by atoms with Crippen molar-refractivity contribution < 1.29 is 14.3 Å². The first-order valence-corrected chi connectivity index (χ1v) is 8.81. The number of nitrogens with two attached hydrogens (primary N) is 1. The molecule has 1 aromatic rings. The number of nitrogens with one attached hydrogen (secondary N) is 1. The van der Waals surface area contributed by atoms with Crippen molar-refractivity contribution in [3.05, 3.63) is 22.7 Å². The van der Waals surface area contributed by atoms with Crippen LogP contribution in [0.5, 0.6) is 11.5 Å². The summed E-state index contributed by atoms with van der Waals surface area (Å²) in [7, 11) is 1.54. The number of ether oxygens (including phenoxy) is 2. The van der Waals surface area contributed by atoms with E-state index in [0.717, 1.165) is 25.7 Å². The van der Waals surface area contributed by atoms with E-state index in [-0.39, 0.29) is 23.9 Å². The predicted octanol–water partition coefficient (Wildman–Crippen LogP) is 3.81. The van der Waals surface area contributed by atoms with Crippen LogP contribution in [0.4, 0.5) is 0 Å². The second-order valence-electron chi connectivity index (χ2n) is 6.84. The molecule has 0 spiro atoms. The summed E-state index contributed by atoms with van der Waals surface area (Å²) in [6.45, 7) is 5.07. The zero-order valence-electron chi connectivity index (χ0n) is 15.1. The third-order valence-corrected chi connectivity index (χ3v) is 4.66. The van der Waals surface area contributed by atoms with E-state index < -0.39 is 0 Å².